The van der Waals surface area contributed by atoms with Crippen molar-refractivity contribution in [2.75, 3.05) is 5.32 Å². The lowest BCUT2D eigenvalue weighted by Gasteiger charge is -2.25. The van der Waals surface area contributed by atoms with Gasteiger partial charge in [0.05, 0.1) is 6.17 Å². The van der Waals surface area contributed by atoms with Crippen molar-refractivity contribution in [3.8, 4) is 0 Å². The lowest BCUT2D eigenvalue weighted by atomic mass is 10.0. The fraction of sp³-hybridized carbons (Fsp3) is 0.364. The molecule has 0 bridgehead atoms. The molecule has 2 heterocycles. The Balaban J connectivity index is 1.73. The van der Waals surface area contributed by atoms with Crippen molar-refractivity contribution < 1.29 is 14.0 Å². The van der Waals surface area contributed by atoms with E-state index in [4.69, 9.17) is 0 Å². The molecule has 0 saturated carbocycles. The van der Waals surface area contributed by atoms with Crippen molar-refractivity contribution in [3.63, 3.8) is 0 Å². The van der Waals surface area contributed by atoms with E-state index in [1.807, 2.05) is 20.8 Å². The Labute approximate surface area is 186 Å². The molecule has 1 saturated heterocycles. The van der Waals surface area contributed by atoms with Crippen LogP contribution < -0.4 is 26.8 Å². The number of anilines is 1. The van der Waals surface area contributed by atoms with Gasteiger partial charge in [-0.25, -0.2) is 20.2 Å². The topological polar surface area (TPSA) is 120 Å². The number of nitrogens with zero attached hydrogens (tertiary/aromatic N) is 2. The van der Waals surface area contributed by atoms with Crippen LogP contribution in [0.25, 0.3) is 0 Å². The van der Waals surface area contributed by atoms with Crippen molar-refractivity contribution >= 4 is 23.6 Å². The first-order valence-corrected chi connectivity index (χ1v) is 10.3. The molecular weight excluding hydrogens is 413 g/mol. The zero-order valence-corrected chi connectivity index (χ0v) is 18.5. The van der Waals surface area contributed by atoms with E-state index in [2.05, 4.69) is 36.8 Å². The zero-order chi connectivity index (χ0) is 23.3. The van der Waals surface area contributed by atoms with Gasteiger partial charge in [-0.1, -0.05) is 12.1 Å². The second kappa shape index (κ2) is 9.84. The Morgan fingerprint density at radius 3 is 2.53 bits per heavy atom. The van der Waals surface area contributed by atoms with Crippen molar-refractivity contribution in [2.45, 2.75) is 51.9 Å². The fourth-order valence-corrected chi connectivity index (χ4v) is 3.16. The SMILES string of the molecule is CC(=O)Nc1cc(C(=O)/N=C(\NC2CC(c3ccc(F)cc3)NN2)NC(C)(C)C)ccn1. The van der Waals surface area contributed by atoms with Crippen LogP contribution in [0.2, 0.25) is 0 Å². The van der Waals surface area contributed by atoms with E-state index in [-0.39, 0.29) is 35.3 Å². The summed E-state index contributed by atoms with van der Waals surface area (Å²) >= 11 is 0. The number of benzene rings is 1. The lowest BCUT2D eigenvalue weighted by Crippen LogP contribution is -2.54. The van der Waals surface area contributed by atoms with Gasteiger partial charge < -0.3 is 16.0 Å². The summed E-state index contributed by atoms with van der Waals surface area (Å²) in [5.74, 6) is -0.466. The Kier molecular flexibility index (Phi) is 7.16. The number of guanidine groups is 1. The molecular formula is C22H28FN7O2. The number of carbonyl (C=O) groups excluding carboxylic acids is 2. The van der Waals surface area contributed by atoms with Crippen LogP contribution >= 0.6 is 0 Å². The number of aliphatic imine (C=N–C) groups is 1. The Morgan fingerprint density at radius 2 is 1.88 bits per heavy atom. The Hall–Kier alpha value is -3.37. The maximum absolute atomic E-state index is 13.2. The smallest absolute Gasteiger partial charge is 0.280 e. The minimum atomic E-state index is -0.487. The number of nitrogens with one attached hydrogen (secondary N) is 5. The quantitative estimate of drug-likeness (QED) is 0.365. The van der Waals surface area contributed by atoms with Crippen LogP contribution in [-0.2, 0) is 4.79 Å². The van der Waals surface area contributed by atoms with Crippen LogP contribution in [0.1, 0.15) is 56.1 Å². The summed E-state index contributed by atoms with van der Waals surface area (Å²) in [7, 11) is 0. The van der Waals surface area contributed by atoms with Gasteiger partial charge in [0.2, 0.25) is 11.9 Å². The summed E-state index contributed by atoms with van der Waals surface area (Å²) in [5.41, 5.74) is 7.19. The highest BCUT2D eigenvalue weighted by molar-refractivity contribution is 6.03. The summed E-state index contributed by atoms with van der Waals surface area (Å²) in [4.78, 5) is 32.3. The standard InChI is InChI=1S/C22H28FN7O2/c1-13(31)25-18-11-15(9-10-24-18)20(32)27-21(28-22(2,3)4)26-19-12-17(29-30-19)14-5-7-16(23)8-6-14/h5-11,17,19,29-30H,12H2,1-4H3,(H,24,25,31)(H2,26,27,28,32). The van der Waals surface area contributed by atoms with Crippen LogP contribution in [-0.4, -0.2) is 34.5 Å². The molecule has 0 aliphatic carbocycles. The first-order valence-electron chi connectivity index (χ1n) is 10.3. The van der Waals surface area contributed by atoms with Crippen LogP contribution in [0.5, 0.6) is 0 Å². The Bertz CT molecular complexity index is 1000. The largest absolute Gasteiger partial charge is 0.351 e. The molecule has 5 N–H and O–H groups in total. The number of hydrogen-bond acceptors (Lipinski definition) is 5. The average molecular weight is 442 g/mol. The molecule has 0 radical (unpaired) electrons. The van der Waals surface area contributed by atoms with E-state index >= 15 is 0 Å². The molecule has 3 rings (SSSR count). The highest BCUT2D eigenvalue weighted by Gasteiger charge is 2.27. The summed E-state index contributed by atoms with van der Waals surface area (Å²) in [6.45, 7) is 7.23. The van der Waals surface area contributed by atoms with Crippen LogP contribution in [0.3, 0.4) is 0 Å². The summed E-state index contributed by atoms with van der Waals surface area (Å²) in [5, 5.41) is 8.97. The van der Waals surface area contributed by atoms with E-state index < -0.39 is 5.91 Å². The molecule has 10 heteroatoms. The number of aromatic nitrogens is 1. The van der Waals surface area contributed by atoms with Gasteiger partial charge in [0, 0.05) is 36.7 Å². The molecule has 1 aromatic carbocycles. The number of carbonyl (C=O) groups is 2. The van der Waals surface area contributed by atoms with E-state index in [1.54, 1.807) is 12.1 Å². The van der Waals surface area contributed by atoms with Gasteiger partial charge in [-0.15, -0.1) is 0 Å². The molecule has 9 nitrogen and oxygen atoms in total. The fourth-order valence-electron chi connectivity index (χ4n) is 3.16. The molecule has 2 atom stereocenters. The number of halogens is 1. The third-order valence-corrected chi connectivity index (χ3v) is 4.50. The van der Waals surface area contributed by atoms with Crippen molar-refractivity contribution in [1.29, 1.82) is 0 Å². The monoisotopic (exact) mass is 441 g/mol. The molecule has 0 spiro atoms. The van der Waals surface area contributed by atoms with Gasteiger partial charge >= 0.3 is 0 Å². The summed E-state index contributed by atoms with van der Waals surface area (Å²) in [6, 6.07) is 9.30. The summed E-state index contributed by atoms with van der Waals surface area (Å²) in [6.07, 6.45) is 1.86. The molecule has 1 aromatic heterocycles. The lowest BCUT2D eigenvalue weighted by molar-refractivity contribution is -0.114. The maximum atomic E-state index is 13.2. The molecule has 1 aliphatic heterocycles. The highest BCUT2D eigenvalue weighted by Crippen LogP contribution is 2.21. The summed E-state index contributed by atoms with van der Waals surface area (Å²) < 4.78 is 13.2. The predicted molar refractivity (Wildman–Crippen MR) is 120 cm³/mol. The third kappa shape index (κ3) is 6.82. The minimum absolute atomic E-state index is 0.0277. The van der Waals surface area contributed by atoms with Gasteiger partial charge in [-0.3, -0.25) is 9.59 Å². The number of amides is 2. The van der Waals surface area contributed by atoms with Crippen LogP contribution in [0.4, 0.5) is 10.2 Å². The van der Waals surface area contributed by atoms with E-state index in [0.717, 1.165) is 5.56 Å². The van der Waals surface area contributed by atoms with Gasteiger partial charge in [0.25, 0.3) is 5.91 Å². The van der Waals surface area contributed by atoms with Crippen molar-refractivity contribution in [2.24, 2.45) is 4.99 Å². The number of rotatable bonds is 4. The molecule has 2 unspecified atom stereocenters. The number of hydrogen-bond donors (Lipinski definition) is 5. The first kappa shape index (κ1) is 23.3. The van der Waals surface area contributed by atoms with Crippen LogP contribution in [0.15, 0.2) is 47.6 Å². The normalized spacial score (nSPS) is 18.8. The number of pyridine rings is 1. The predicted octanol–water partition coefficient (Wildman–Crippen LogP) is 2.22. The third-order valence-electron chi connectivity index (χ3n) is 4.50. The van der Waals surface area contributed by atoms with E-state index in [0.29, 0.717) is 17.9 Å². The van der Waals surface area contributed by atoms with Gasteiger partial charge in [-0.2, -0.15) is 4.99 Å². The molecule has 1 aliphatic rings. The van der Waals surface area contributed by atoms with Crippen LogP contribution in [0, 0.1) is 5.82 Å². The van der Waals surface area contributed by atoms with Gasteiger partial charge in [0.1, 0.15) is 11.6 Å². The first-order chi connectivity index (χ1) is 15.1. The Morgan fingerprint density at radius 1 is 1.16 bits per heavy atom. The molecule has 170 valence electrons. The van der Waals surface area contributed by atoms with Crippen molar-refractivity contribution in [1.82, 2.24) is 26.5 Å². The van der Waals surface area contributed by atoms with Gasteiger partial charge in [0.15, 0.2) is 0 Å². The number of hydrazine groups is 1. The minimum Gasteiger partial charge on any atom is -0.351 e. The molecule has 2 aromatic rings. The second-order valence-corrected chi connectivity index (χ2v) is 8.58. The molecule has 1 fully saturated rings. The zero-order valence-electron chi connectivity index (χ0n) is 18.5. The van der Waals surface area contributed by atoms with Crippen molar-refractivity contribution in [3.05, 3.63) is 59.5 Å². The molecule has 2 amide bonds. The van der Waals surface area contributed by atoms with Gasteiger partial charge in [-0.05, 0) is 50.6 Å². The average Bonchev–Trinajstić information content (AvgIpc) is 3.15. The van der Waals surface area contributed by atoms with E-state index in [1.165, 1.54) is 37.4 Å². The molecule has 32 heavy (non-hydrogen) atoms. The van der Waals surface area contributed by atoms with E-state index in [9.17, 15) is 14.0 Å². The second-order valence-electron chi connectivity index (χ2n) is 8.58. The maximum Gasteiger partial charge on any atom is 0.280 e. The highest BCUT2D eigenvalue weighted by atomic mass is 19.1.